The lowest BCUT2D eigenvalue weighted by atomic mass is 10.0. The molecule has 1 saturated carbocycles. The molecule has 1 aliphatic rings. The number of carbonyl (C=O) groups is 1. The largest absolute Gasteiger partial charge is 0.356 e. The van der Waals surface area contributed by atoms with Gasteiger partial charge in [-0.3, -0.25) is 9.78 Å². The summed E-state index contributed by atoms with van der Waals surface area (Å²) in [6.45, 7) is 0.614. The molecule has 2 aromatic heterocycles. The zero-order valence-electron chi connectivity index (χ0n) is 14.6. The van der Waals surface area contributed by atoms with E-state index in [0.717, 1.165) is 22.4 Å². The van der Waals surface area contributed by atoms with Crippen molar-refractivity contribution in [3.8, 4) is 0 Å². The number of carbonyl (C=O) groups excluding carboxylic acids is 1. The molecule has 1 amide bonds. The summed E-state index contributed by atoms with van der Waals surface area (Å²) in [5, 5.41) is 12.4. The zero-order chi connectivity index (χ0) is 17.5. The van der Waals surface area contributed by atoms with Gasteiger partial charge in [0.15, 0.2) is 5.16 Å². The van der Waals surface area contributed by atoms with Crippen molar-refractivity contribution in [3.05, 3.63) is 35.9 Å². The van der Waals surface area contributed by atoms with Gasteiger partial charge in [-0.1, -0.05) is 30.7 Å². The number of nitrogens with zero attached hydrogens (tertiary/aromatic N) is 4. The van der Waals surface area contributed by atoms with Crippen LogP contribution in [0.5, 0.6) is 0 Å². The predicted molar refractivity (Wildman–Crippen MR) is 98.1 cm³/mol. The van der Waals surface area contributed by atoms with E-state index in [1.807, 2.05) is 29.8 Å². The van der Waals surface area contributed by atoms with Crippen molar-refractivity contribution < 1.29 is 4.79 Å². The van der Waals surface area contributed by atoms with Gasteiger partial charge in [-0.25, -0.2) is 0 Å². The second-order valence-corrected chi connectivity index (χ2v) is 7.46. The van der Waals surface area contributed by atoms with Gasteiger partial charge in [0.1, 0.15) is 5.82 Å². The average Bonchev–Trinajstić information content (AvgIpc) is 3.25. The number of hydrogen-bond donors (Lipinski definition) is 1. The third-order valence-corrected chi connectivity index (χ3v) is 5.67. The fraction of sp³-hybridized carbons (Fsp3) is 0.556. The molecule has 2 aromatic rings. The van der Waals surface area contributed by atoms with Gasteiger partial charge < -0.3 is 9.88 Å². The summed E-state index contributed by atoms with van der Waals surface area (Å²) in [5.41, 5.74) is 1.02. The Morgan fingerprint density at radius 1 is 1.32 bits per heavy atom. The Morgan fingerprint density at radius 3 is 2.92 bits per heavy atom. The average molecular weight is 359 g/mol. The lowest BCUT2D eigenvalue weighted by molar-refractivity contribution is -0.121. The smallest absolute Gasteiger partial charge is 0.220 e. The van der Waals surface area contributed by atoms with Crippen molar-refractivity contribution in [2.45, 2.75) is 49.4 Å². The molecule has 0 saturated heterocycles. The lowest BCUT2D eigenvalue weighted by Gasteiger charge is -2.09. The second kappa shape index (κ2) is 8.99. The van der Waals surface area contributed by atoms with Gasteiger partial charge in [-0.05, 0) is 30.9 Å². The molecule has 1 fully saturated rings. The van der Waals surface area contributed by atoms with Crippen LogP contribution >= 0.6 is 11.8 Å². The maximum atomic E-state index is 12.0. The van der Waals surface area contributed by atoms with Crippen LogP contribution in [0.15, 0.2) is 29.6 Å². The molecule has 0 aliphatic heterocycles. The van der Waals surface area contributed by atoms with Crippen molar-refractivity contribution in [3.63, 3.8) is 0 Å². The summed E-state index contributed by atoms with van der Waals surface area (Å²) in [6, 6.07) is 5.90. The van der Waals surface area contributed by atoms with E-state index in [4.69, 9.17) is 0 Å². The molecule has 1 N–H and O–H groups in total. The Bertz CT molecular complexity index is 682. The highest BCUT2D eigenvalue weighted by atomic mass is 32.2. The van der Waals surface area contributed by atoms with Gasteiger partial charge in [-0.2, -0.15) is 0 Å². The summed E-state index contributed by atoms with van der Waals surface area (Å²) in [5.74, 6) is 2.42. The highest BCUT2D eigenvalue weighted by Crippen LogP contribution is 2.27. The van der Waals surface area contributed by atoms with E-state index < -0.39 is 0 Å². The fourth-order valence-electron chi connectivity index (χ4n) is 3.17. The van der Waals surface area contributed by atoms with Gasteiger partial charge in [0, 0.05) is 38.4 Å². The molecule has 0 aromatic carbocycles. The van der Waals surface area contributed by atoms with E-state index in [1.54, 1.807) is 18.0 Å². The third-order valence-electron chi connectivity index (χ3n) is 4.62. The van der Waals surface area contributed by atoms with Crippen molar-refractivity contribution in [2.24, 2.45) is 13.0 Å². The maximum absolute atomic E-state index is 12.0. The molecule has 0 unspecified atom stereocenters. The van der Waals surface area contributed by atoms with Crippen molar-refractivity contribution in [2.75, 3.05) is 6.54 Å². The highest BCUT2D eigenvalue weighted by molar-refractivity contribution is 7.98. The zero-order valence-corrected chi connectivity index (χ0v) is 15.5. The Labute approximate surface area is 152 Å². The van der Waals surface area contributed by atoms with Crippen LogP contribution in [0, 0.1) is 5.92 Å². The number of amides is 1. The lowest BCUT2D eigenvalue weighted by Crippen LogP contribution is -2.27. The first-order valence-corrected chi connectivity index (χ1v) is 9.88. The fourth-order valence-corrected chi connectivity index (χ4v) is 4.02. The topological polar surface area (TPSA) is 72.7 Å². The van der Waals surface area contributed by atoms with E-state index in [2.05, 4.69) is 20.5 Å². The first-order valence-electron chi connectivity index (χ1n) is 8.90. The van der Waals surface area contributed by atoms with Gasteiger partial charge in [-0.15, -0.1) is 10.2 Å². The predicted octanol–water partition coefficient (Wildman–Crippen LogP) is 2.74. The minimum atomic E-state index is 0.166. The standard InChI is InChI=1S/C18H25N5OS/c1-23-16(9-11-20-17(24)12-14-6-2-3-7-14)21-22-18(23)25-13-15-8-4-5-10-19-15/h4-5,8,10,14H,2-3,6-7,9,11-13H2,1H3,(H,20,24). The number of rotatable bonds is 8. The number of hydrogen-bond acceptors (Lipinski definition) is 5. The minimum absolute atomic E-state index is 0.166. The van der Waals surface area contributed by atoms with E-state index in [0.29, 0.717) is 25.3 Å². The van der Waals surface area contributed by atoms with Crippen LogP contribution in [0.4, 0.5) is 0 Å². The number of nitrogens with one attached hydrogen (secondary N) is 1. The van der Waals surface area contributed by atoms with Crippen molar-refractivity contribution in [1.82, 2.24) is 25.1 Å². The SMILES string of the molecule is Cn1c(CCNC(=O)CC2CCCC2)nnc1SCc1ccccn1. The van der Waals surface area contributed by atoms with Crippen LogP contribution in [0.3, 0.4) is 0 Å². The molecule has 0 spiro atoms. The number of thioether (sulfide) groups is 1. The van der Waals surface area contributed by atoms with Crippen LogP contribution < -0.4 is 5.32 Å². The van der Waals surface area contributed by atoms with Crippen molar-refractivity contribution in [1.29, 1.82) is 0 Å². The van der Waals surface area contributed by atoms with Gasteiger partial charge in [0.2, 0.25) is 5.91 Å². The van der Waals surface area contributed by atoms with E-state index in [9.17, 15) is 4.79 Å². The van der Waals surface area contributed by atoms with Crippen LogP contribution in [0.1, 0.15) is 43.6 Å². The van der Waals surface area contributed by atoms with Gasteiger partial charge >= 0.3 is 0 Å². The molecule has 6 nitrogen and oxygen atoms in total. The summed E-state index contributed by atoms with van der Waals surface area (Å²) >= 11 is 1.62. The highest BCUT2D eigenvalue weighted by Gasteiger charge is 2.18. The van der Waals surface area contributed by atoms with Gasteiger partial charge in [0.25, 0.3) is 0 Å². The third kappa shape index (κ3) is 5.29. The van der Waals surface area contributed by atoms with Crippen LogP contribution in [0.2, 0.25) is 0 Å². The molecule has 3 rings (SSSR count). The Kier molecular flexibility index (Phi) is 6.44. The van der Waals surface area contributed by atoms with E-state index >= 15 is 0 Å². The summed E-state index contributed by atoms with van der Waals surface area (Å²) in [4.78, 5) is 16.3. The van der Waals surface area contributed by atoms with Crippen LogP contribution in [-0.2, 0) is 24.0 Å². The first-order chi connectivity index (χ1) is 12.2. The second-order valence-electron chi connectivity index (χ2n) is 6.52. The normalized spacial score (nSPS) is 14.8. The first kappa shape index (κ1) is 17.9. The summed E-state index contributed by atoms with van der Waals surface area (Å²) in [6.07, 6.45) is 8.12. The monoisotopic (exact) mass is 359 g/mol. The van der Waals surface area contributed by atoms with Gasteiger partial charge in [0.05, 0.1) is 5.69 Å². The Balaban J connectivity index is 1.42. The summed E-state index contributed by atoms with van der Waals surface area (Å²) < 4.78 is 2.00. The molecule has 25 heavy (non-hydrogen) atoms. The number of pyridine rings is 1. The van der Waals surface area contributed by atoms with E-state index in [1.165, 1.54) is 25.7 Å². The Hall–Kier alpha value is -1.89. The molecule has 2 heterocycles. The minimum Gasteiger partial charge on any atom is -0.356 e. The quantitative estimate of drug-likeness (QED) is 0.734. The maximum Gasteiger partial charge on any atom is 0.220 e. The molecule has 7 heteroatoms. The molecular weight excluding hydrogens is 334 g/mol. The molecule has 134 valence electrons. The molecule has 1 aliphatic carbocycles. The Morgan fingerprint density at radius 2 is 2.16 bits per heavy atom. The molecule has 0 atom stereocenters. The summed E-state index contributed by atoms with van der Waals surface area (Å²) in [7, 11) is 1.97. The van der Waals surface area contributed by atoms with E-state index in [-0.39, 0.29) is 5.91 Å². The molecular formula is C18H25N5OS. The van der Waals surface area contributed by atoms with Crippen LogP contribution in [0.25, 0.3) is 0 Å². The van der Waals surface area contributed by atoms with Crippen molar-refractivity contribution >= 4 is 17.7 Å². The number of aromatic nitrogens is 4. The molecule has 0 radical (unpaired) electrons. The molecule has 0 bridgehead atoms. The van der Waals surface area contributed by atoms with Crippen LogP contribution in [-0.4, -0.2) is 32.2 Å².